The molecule has 0 atom stereocenters. The number of carbonyl (C=O) groups is 1. The molecule has 0 amide bonds. The number of ether oxygens (including phenoxy) is 1. The Kier molecular flexibility index (Phi) is 3.41. The van der Waals surface area contributed by atoms with E-state index in [-0.39, 0.29) is 11.3 Å². The third kappa shape index (κ3) is 1.99. The zero-order chi connectivity index (χ0) is 13.1. The van der Waals surface area contributed by atoms with E-state index in [0.29, 0.717) is 12.3 Å². The minimum absolute atomic E-state index is 0.0194. The van der Waals surface area contributed by atoms with E-state index in [1.165, 1.54) is 30.1 Å². The lowest BCUT2D eigenvalue weighted by Gasteiger charge is -2.07. The van der Waals surface area contributed by atoms with Gasteiger partial charge in [-0.3, -0.25) is 9.48 Å². The highest BCUT2D eigenvalue weighted by Crippen LogP contribution is 2.22. The monoisotopic (exact) mass is 248 g/mol. The Balaban J connectivity index is 2.52. The van der Waals surface area contributed by atoms with Gasteiger partial charge in [0.1, 0.15) is 5.82 Å². The molecule has 2 rings (SSSR count). The second kappa shape index (κ2) is 5.00. The Bertz CT molecular complexity index is 557. The molecule has 0 spiro atoms. The van der Waals surface area contributed by atoms with Crippen LogP contribution in [0.2, 0.25) is 0 Å². The maximum Gasteiger partial charge on any atom is 0.217 e. The number of ketones is 1. The van der Waals surface area contributed by atoms with Crippen molar-refractivity contribution in [3.8, 4) is 5.75 Å². The highest BCUT2D eigenvalue weighted by Gasteiger charge is 2.22. The first-order chi connectivity index (χ1) is 8.69. The summed E-state index contributed by atoms with van der Waals surface area (Å²) in [7, 11) is 1.45. The number of aryl methyl sites for hydroxylation is 1. The summed E-state index contributed by atoms with van der Waals surface area (Å²) >= 11 is 0. The molecule has 94 valence electrons. The number of carbonyl (C=O) groups excluding carboxylic acids is 1. The van der Waals surface area contributed by atoms with Gasteiger partial charge in [-0.25, -0.2) is 4.39 Å². The van der Waals surface area contributed by atoms with E-state index in [1.807, 2.05) is 6.92 Å². The Morgan fingerprint density at radius 1 is 1.44 bits per heavy atom. The molecule has 1 aromatic carbocycles. The number of methoxy groups -OCH3 is 1. The largest absolute Gasteiger partial charge is 0.493 e. The Hall–Kier alpha value is -2.17. The molecule has 0 aliphatic rings. The number of rotatable bonds is 4. The van der Waals surface area contributed by atoms with Crippen molar-refractivity contribution >= 4 is 5.78 Å². The Morgan fingerprint density at radius 2 is 2.17 bits per heavy atom. The average molecular weight is 248 g/mol. The van der Waals surface area contributed by atoms with Crippen LogP contribution in [0.4, 0.5) is 4.39 Å². The van der Waals surface area contributed by atoms with Crippen molar-refractivity contribution in [3.05, 3.63) is 47.5 Å². The van der Waals surface area contributed by atoms with Crippen LogP contribution in [0, 0.1) is 5.82 Å². The molecule has 0 saturated heterocycles. The van der Waals surface area contributed by atoms with Gasteiger partial charge in [0.15, 0.2) is 11.4 Å². The molecule has 2 aromatic rings. The van der Waals surface area contributed by atoms with Crippen molar-refractivity contribution in [1.29, 1.82) is 0 Å². The predicted octanol–water partition coefficient (Wildman–Crippen LogP) is 2.28. The molecular weight excluding hydrogens is 235 g/mol. The highest BCUT2D eigenvalue weighted by atomic mass is 19.1. The molecule has 1 aromatic heterocycles. The topological polar surface area (TPSA) is 44.1 Å². The first-order valence-corrected chi connectivity index (χ1v) is 5.58. The number of aromatic nitrogens is 2. The van der Waals surface area contributed by atoms with Gasteiger partial charge in [0, 0.05) is 6.54 Å². The van der Waals surface area contributed by atoms with Crippen molar-refractivity contribution in [3.63, 3.8) is 0 Å². The lowest BCUT2D eigenvalue weighted by Crippen LogP contribution is -2.13. The van der Waals surface area contributed by atoms with Crippen LogP contribution in [0.5, 0.6) is 5.75 Å². The summed E-state index contributed by atoms with van der Waals surface area (Å²) in [6.45, 7) is 2.36. The second-order valence-corrected chi connectivity index (χ2v) is 3.69. The SMILES string of the molecule is CCn1ncc(OC)c1C(=O)c1ccccc1F. The van der Waals surface area contributed by atoms with Crippen LogP contribution < -0.4 is 4.74 Å². The molecule has 0 radical (unpaired) electrons. The molecule has 1 heterocycles. The third-order valence-corrected chi connectivity index (χ3v) is 2.66. The summed E-state index contributed by atoms with van der Waals surface area (Å²) in [5.41, 5.74) is 0.288. The Morgan fingerprint density at radius 3 is 2.78 bits per heavy atom. The number of hydrogen-bond acceptors (Lipinski definition) is 3. The maximum absolute atomic E-state index is 13.6. The Labute approximate surface area is 104 Å². The molecule has 4 nitrogen and oxygen atoms in total. The van der Waals surface area contributed by atoms with Gasteiger partial charge in [-0.2, -0.15) is 5.10 Å². The fraction of sp³-hybridized carbons (Fsp3) is 0.231. The second-order valence-electron chi connectivity index (χ2n) is 3.69. The summed E-state index contributed by atoms with van der Waals surface area (Å²) in [4.78, 5) is 12.3. The van der Waals surface area contributed by atoms with Crippen molar-refractivity contribution in [2.24, 2.45) is 0 Å². The summed E-state index contributed by atoms with van der Waals surface area (Å²) in [6.07, 6.45) is 1.46. The van der Waals surface area contributed by atoms with E-state index in [2.05, 4.69) is 5.10 Å². The number of hydrogen-bond donors (Lipinski definition) is 0. The van der Waals surface area contributed by atoms with Crippen LogP contribution in [0.1, 0.15) is 23.0 Å². The van der Waals surface area contributed by atoms with E-state index in [1.54, 1.807) is 12.1 Å². The van der Waals surface area contributed by atoms with E-state index in [4.69, 9.17) is 4.74 Å². The van der Waals surface area contributed by atoms with Crippen LogP contribution >= 0.6 is 0 Å². The van der Waals surface area contributed by atoms with E-state index < -0.39 is 11.6 Å². The van der Waals surface area contributed by atoms with Gasteiger partial charge in [-0.05, 0) is 19.1 Å². The van der Waals surface area contributed by atoms with Gasteiger partial charge in [0.25, 0.3) is 0 Å². The van der Waals surface area contributed by atoms with Crippen LogP contribution in [0.3, 0.4) is 0 Å². The number of nitrogens with zero attached hydrogens (tertiary/aromatic N) is 2. The van der Waals surface area contributed by atoms with Crippen LogP contribution in [0.25, 0.3) is 0 Å². The van der Waals surface area contributed by atoms with E-state index in [0.717, 1.165) is 0 Å². The third-order valence-electron chi connectivity index (χ3n) is 2.66. The summed E-state index contributed by atoms with van der Waals surface area (Å²) in [5.74, 6) is -0.622. The summed E-state index contributed by atoms with van der Waals surface area (Å²) in [6, 6.07) is 5.87. The normalized spacial score (nSPS) is 10.4. The molecule has 5 heteroatoms. The van der Waals surface area contributed by atoms with E-state index >= 15 is 0 Å². The smallest absolute Gasteiger partial charge is 0.217 e. The maximum atomic E-state index is 13.6. The summed E-state index contributed by atoms with van der Waals surface area (Å²) < 4.78 is 20.2. The fourth-order valence-electron chi connectivity index (χ4n) is 1.76. The molecule has 0 unspecified atom stereocenters. The van der Waals surface area contributed by atoms with Gasteiger partial charge in [-0.15, -0.1) is 0 Å². The molecule has 0 N–H and O–H groups in total. The van der Waals surface area contributed by atoms with Crippen LogP contribution in [-0.2, 0) is 6.54 Å². The first-order valence-electron chi connectivity index (χ1n) is 5.58. The van der Waals surface area contributed by atoms with E-state index in [9.17, 15) is 9.18 Å². The highest BCUT2D eigenvalue weighted by molar-refractivity contribution is 6.09. The zero-order valence-corrected chi connectivity index (χ0v) is 10.2. The minimum atomic E-state index is -0.548. The van der Waals surface area contributed by atoms with Crippen LogP contribution in [-0.4, -0.2) is 22.7 Å². The minimum Gasteiger partial charge on any atom is -0.493 e. The van der Waals surface area contributed by atoms with Crippen molar-refractivity contribution in [1.82, 2.24) is 9.78 Å². The van der Waals surface area contributed by atoms with Gasteiger partial charge < -0.3 is 4.74 Å². The van der Waals surface area contributed by atoms with Gasteiger partial charge >= 0.3 is 0 Å². The molecule has 0 aliphatic carbocycles. The van der Waals surface area contributed by atoms with Gasteiger partial charge in [0.05, 0.1) is 18.9 Å². The molecule has 0 bridgehead atoms. The number of halogens is 1. The molecule has 0 saturated carbocycles. The lowest BCUT2D eigenvalue weighted by molar-refractivity contribution is 0.102. The zero-order valence-electron chi connectivity index (χ0n) is 10.2. The van der Waals surface area contributed by atoms with Gasteiger partial charge in [0.2, 0.25) is 5.78 Å². The quantitative estimate of drug-likeness (QED) is 0.780. The van der Waals surface area contributed by atoms with Crippen LogP contribution in [0.15, 0.2) is 30.5 Å². The number of benzene rings is 1. The average Bonchev–Trinajstić information content (AvgIpc) is 2.81. The van der Waals surface area contributed by atoms with Crippen molar-refractivity contribution < 1.29 is 13.9 Å². The lowest BCUT2D eigenvalue weighted by atomic mass is 10.1. The van der Waals surface area contributed by atoms with Crippen molar-refractivity contribution in [2.45, 2.75) is 13.5 Å². The predicted molar refractivity (Wildman–Crippen MR) is 64.3 cm³/mol. The van der Waals surface area contributed by atoms with Gasteiger partial charge in [-0.1, -0.05) is 12.1 Å². The summed E-state index contributed by atoms with van der Waals surface area (Å²) in [5, 5.41) is 4.03. The standard InChI is InChI=1S/C13H13FN2O2/c1-3-16-12(11(18-2)8-15-16)13(17)9-6-4-5-7-10(9)14/h4-8H,3H2,1-2H3. The molecule has 0 aliphatic heterocycles. The molecule has 0 fully saturated rings. The first kappa shape index (κ1) is 12.3. The molecular formula is C13H13FN2O2. The molecule has 18 heavy (non-hydrogen) atoms. The van der Waals surface area contributed by atoms with Crippen molar-refractivity contribution in [2.75, 3.05) is 7.11 Å². The fourth-order valence-corrected chi connectivity index (χ4v) is 1.76.